The molecular formula is C13H14NO2. The molecule has 1 saturated carbocycles. The van der Waals surface area contributed by atoms with Crippen molar-refractivity contribution >= 4 is 5.69 Å². The first-order chi connectivity index (χ1) is 7.65. The highest BCUT2D eigenvalue weighted by Crippen LogP contribution is 2.47. The Labute approximate surface area is 94.9 Å². The molecule has 2 rings (SSSR count). The number of nitro benzene ring substituents is 1. The molecule has 83 valence electrons. The van der Waals surface area contributed by atoms with Gasteiger partial charge in [-0.25, -0.2) is 0 Å². The van der Waals surface area contributed by atoms with Gasteiger partial charge in [0.2, 0.25) is 0 Å². The van der Waals surface area contributed by atoms with Crippen LogP contribution in [0.5, 0.6) is 0 Å². The van der Waals surface area contributed by atoms with Gasteiger partial charge in [0, 0.05) is 17.5 Å². The molecule has 0 spiro atoms. The summed E-state index contributed by atoms with van der Waals surface area (Å²) in [6, 6.07) is 5.28. The third kappa shape index (κ3) is 1.85. The van der Waals surface area contributed by atoms with Crippen LogP contribution >= 0.6 is 0 Å². The van der Waals surface area contributed by atoms with Gasteiger partial charge in [-0.05, 0) is 24.3 Å². The van der Waals surface area contributed by atoms with Crippen molar-refractivity contribution in [1.82, 2.24) is 0 Å². The van der Waals surface area contributed by atoms with Crippen LogP contribution in [-0.2, 0) is 0 Å². The van der Waals surface area contributed by atoms with Gasteiger partial charge in [-0.1, -0.05) is 25.1 Å². The normalized spacial score (nSPS) is 15.1. The third-order valence-corrected chi connectivity index (χ3v) is 3.00. The molecule has 0 amide bonds. The van der Waals surface area contributed by atoms with Crippen LogP contribution in [-0.4, -0.2) is 4.92 Å². The largest absolute Gasteiger partial charge is 0.273 e. The average Bonchev–Trinajstić information content (AvgIpc) is 3.10. The number of hydrogen-bond donors (Lipinski definition) is 0. The molecule has 1 aliphatic rings. The van der Waals surface area contributed by atoms with E-state index in [1.54, 1.807) is 18.2 Å². The zero-order chi connectivity index (χ0) is 11.7. The number of allylic oxidation sites excluding steroid dienone is 1. The van der Waals surface area contributed by atoms with Crippen LogP contribution in [0.15, 0.2) is 30.9 Å². The fourth-order valence-corrected chi connectivity index (χ4v) is 1.97. The fraction of sp³-hybridized carbons (Fsp3) is 0.308. The molecule has 0 aromatic heterocycles. The van der Waals surface area contributed by atoms with Crippen molar-refractivity contribution in [3.63, 3.8) is 0 Å². The standard InChI is InChI=1S/C13H14NO2/c1-3-9(2)11-5-4-6-12(14(15)16)13(11)10-7-8-10/h3-6,10H,1,7-8H2,2H3. The number of nitro groups is 1. The van der Waals surface area contributed by atoms with Gasteiger partial charge in [-0.3, -0.25) is 10.1 Å². The smallest absolute Gasteiger partial charge is 0.258 e. The van der Waals surface area contributed by atoms with Crippen LogP contribution in [0, 0.1) is 16.0 Å². The maximum atomic E-state index is 11.0. The summed E-state index contributed by atoms with van der Waals surface area (Å²) in [7, 11) is 0. The molecule has 1 radical (unpaired) electrons. The van der Waals surface area contributed by atoms with Crippen LogP contribution in [0.2, 0.25) is 0 Å². The minimum absolute atomic E-state index is 0.251. The second-order valence-corrected chi connectivity index (χ2v) is 4.16. The van der Waals surface area contributed by atoms with Gasteiger partial charge in [0.15, 0.2) is 0 Å². The molecule has 3 heteroatoms. The molecular weight excluding hydrogens is 202 g/mol. The molecule has 1 fully saturated rings. The first-order valence-corrected chi connectivity index (χ1v) is 5.38. The Morgan fingerprint density at radius 1 is 1.56 bits per heavy atom. The molecule has 1 aliphatic carbocycles. The van der Waals surface area contributed by atoms with Gasteiger partial charge >= 0.3 is 0 Å². The number of hydrogen-bond acceptors (Lipinski definition) is 2. The van der Waals surface area contributed by atoms with Gasteiger partial charge < -0.3 is 0 Å². The number of rotatable bonds is 4. The van der Waals surface area contributed by atoms with Gasteiger partial charge in [0.1, 0.15) is 0 Å². The summed E-state index contributed by atoms with van der Waals surface area (Å²) < 4.78 is 0. The van der Waals surface area contributed by atoms with Crippen LogP contribution in [0.4, 0.5) is 5.69 Å². The molecule has 1 aromatic rings. The van der Waals surface area contributed by atoms with Crippen LogP contribution in [0.3, 0.4) is 0 Å². The third-order valence-electron chi connectivity index (χ3n) is 3.00. The predicted octanol–water partition coefficient (Wildman–Crippen LogP) is 3.60. The molecule has 0 unspecified atom stereocenters. The van der Waals surface area contributed by atoms with Gasteiger partial charge in [-0.2, -0.15) is 0 Å². The highest BCUT2D eigenvalue weighted by Gasteiger charge is 2.33. The zero-order valence-corrected chi connectivity index (χ0v) is 9.27. The Morgan fingerprint density at radius 2 is 2.25 bits per heavy atom. The quantitative estimate of drug-likeness (QED) is 0.570. The second kappa shape index (κ2) is 4.08. The van der Waals surface area contributed by atoms with E-state index in [0.29, 0.717) is 5.92 Å². The van der Waals surface area contributed by atoms with E-state index in [4.69, 9.17) is 0 Å². The summed E-state index contributed by atoms with van der Waals surface area (Å²) in [4.78, 5) is 10.7. The molecule has 16 heavy (non-hydrogen) atoms. The van der Waals surface area contributed by atoms with E-state index in [9.17, 15) is 10.1 Å². The first-order valence-electron chi connectivity index (χ1n) is 5.38. The number of nitrogens with zero attached hydrogens (tertiary/aromatic N) is 1. The second-order valence-electron chi connectivity index (χ2n) is 4.16. The Kier molecular flexibility index (Phi) is 2.77. The SMILES string of the molecule is C=C[C](C)c1cccc([N+](=O)[O-])c1C1CC1. The average molecular weight is 216 g/mol. The lowest BCUT2D eigenvalue weighted by molar-refractivity contribution is -0.385. The van der Waals surface area contributed by atoms with Crippen LogP contribution < -0.4 is 0 Å². The van der Waals surface area contributed by atoms with E-state index in [1.807, 2.05) is 13.0 Å². The summed E-state index contributed by atoms with van der Waals surface area (Å²) in [5.74, 6) is 1.37. The molecule has 0 atom stereocenters. The maximum absolute atomic E-state index is 11.0. The summed E-state index contributed by atoms with van der Waals surface area (Å²) in [6.07, 6.45) is 3.87. The van der Waals surface area contributed by atoms with E-state index in [0.717, 1.165) is 29.9 Å². The van der Waals surface area contributed by atoms with Crippen molar-refractivity contribution in [2.24, 2.45) is 0 Å². The lowest BCUT2D eigenvalue weighted by Crippen LogP contribution is -2.01. The van der Waals surface area contributed by atoms with Crippen molar-refractivity contribution in [3.05, 3.63) is 58.0 Å². The summed E-state index contributed by atoms with van der Waals surface area (Å²) in [5, 5.41) is 11.0. The van der Waals surface area contributed by atoms with E-state index in [-0.39, 0.29) is 10.6 Å². The summed E-state index contributed by atoms with van der Waals surface area (Å²) in [6.45, 7) is 5.67. The molecule has 0 bridgehead atoms. The Hall–Kier alpha value is -1.64. The Morgan fingerprint density at radius 3 is 2.75 bits per heavy atom. The lowest BCUT2D eigenvalue weighted by atomic mass is 9.92. The molecule has 0 N–H and O–H groups in total. The van der Waals surface area contributed by atoms with Crippen molar-refractivity contribution < 1.29 is 4.92 Å². The maximum Gasteiger partial charge on any atom is 0.273 e. The molecule has 3 nitrogen and oxygen atoms in total. The van der Waals surface area contributed by atoms with Crippen LogP contribution in [0.25, 0.3) is 0 Å². The van der Waals surface area contributed by atoms with E-state index < -0.39 is 0 Å². The van der Waals surface area contributed by atoms with Crippen molar-refractivity contribution in [2.45, 2.75) is 25.7 Å². The van der Waals surface area contributed by atoms with Crippen molar-refractivity contribution in [1.29, 1.82) is 0 Å². The number of benzene rings is 1. The molecule has 0 aliphatic heterocycles. The molecule has 1 aromatic carbocycles. The van der Waals surface area contributed by atoms with Gasteiger partial charge in [-0.15, -0.1) is 6.58 Å². The van der Waals surface area contributed by atoms with Crippen molar-refractivity contribution in [2.75, 3.05) is 0 Å². The van der Waals surface area contributed by atoms with Crippen molar-refractivity contribution in [3.8, 4) is 0 Å². The summed E-state index contributed by atoms with van der Waals surface area (Å²) in [5.41, 5.74) is 2.12. The Balaban J connectivity index is 2.55. The molecule has 0 saturated heterocycles. The minimum Gasteiger partial charge on any atom is -0.258 e. The summed E-state index contributed by atoms with van der Waals surface area (Å²) >= 11 is 0. The highest BCUT2D eigenvalue weighted by atomic mass is 16.6. The van der Waals surface area contributed by atoms with Gasteiger partial charge in [0.25, 0.3) is 5.69 Å². The molecule has 0 heterocycles. The topological polar surface area (TPSA) is 43.1 Å². The highest BCUT2D eigenvalue weighted by molar-refractivity contribution is 5.55. The minimum atomic E-state index is -0.284. The lowest BCUT2D eigenvalue weighted by Gasteiger charge is -2.12. The fourth-order valence-electron chi connectivity index (χ4n) is 1.97. The van der Waals surface area contributed by atoms with E-state index in [2.05, 4.69) is 6.58 Å². The van der Waals surface area contributed by atoms with E-state index in [1.165, 1.54) is 0 Å². The van der Waals surface area contributed by atoms with Crippen LogP contribution in [0.1, 0.15) is 36.8 Å². The first kappa shape index (κ1) is 10.9. The monoisotopic (exact) mass is 216 g/mol. The zero-order valence-electron chi connectivity index (χ0n) is 9.27. The predicted molar refractivity (Wildman–Crippen MR) is 63.3 cm³/mol. The van der Waals surface area contributed by atoms with E-state index >= 15 is 0 Å². The van der Waals surface area contributed by atoms with Gasteiger partial charge in [0.05, 0.1) is 4.92 Å². The Bertz CT molecular complexity index is 436.